The van der Waals surface area contributed by atoms with Crippen LogP contribution in [0.15, 0.2) is 36.7 Å². The molecule has 1 aromatic carbocycles. The van der Waals surface area contributed by atoms with Crippen molar-refractivity contribution >= 4 is 5.91 Å². The molecule has 0 fully saturated rings. The Morgan fingerprint density at radius 2 is 1.87 bits per heavy atom. The summed E-state index contributed by atoms with van der Waals surface area (Å²) in [6.45, 7) is 8.24. The minimum Gasteiger partial charge on any atom is -0.496 e. The van der Waals surface area contributed by atoms with Crippen molar-refractivity contribution in [2.75, 3.05) is 14.2 Å². The maximum Gasteiger partial charge on any atom is 0.257 e. The van der Waals surface area contributed by atoms with E-state index >= 15 is 0 Å². The highest BCUT2D eigenvalue weighted by Crippen LogP contribution is 2.27. The summed E-state index contributed by atoms with van der Waals surface area (Å²) in [6.07, 6.45) is 3.33. The van der Waals surface area contributed by atoms with Crippen LogP contribution in [0.4, 0.5) is 4.39 Å². The molecule has 2 aromatic heterocycles. The van der Waals surface area contributed by atoms with Crippen molar-refractivity contribution in [3.05, 3.63) is 70.6 Å². The molecule has 0 spiro atoms. The van der Waals surface area contributed by atoms with E-state index in [4.69, 9.17) is 4.74 Å². The van der Waals surface area contributed by atoms with E-state index in [1.807, 2.05) is 27.7 Å². The van der Waals surface area contributed by atoms with Gasteiger partial charge < -0.3 is 9.64 Å². The highest BCUT2D eigenvalue weighted by molar-refractivity contribution is 5.95. The maximum absolute atomic E-state index is 13.3. The number of benzene rings is 1. The topological polar surface area (TPSA) is 60.2 Å². The minimum absolute atomic E-state index is 0.0456. The smallest absolute Gasteiger partial charge is 0.257 e. The van der Waals surface area contributed by atoms with E-state index in [-0.39, 0.29) is 17.6 Å². The van der Waals surface area contributed by atoms with Gasteiger partial charge in [0.25, 0.3) is 5.91 Å². The van der Waals surface area contributed by atoms with Gasteiger partial charge in [0.2, 0.25) is 0 Å². The van der Waals surface area contributed by atoms with Crippen molar-refractivity contribution in [1.29, 1.82) is 0 Å². The summed E-state index contributed by atoms with van der Waals surface area (Å²) in [6, 6.07) is 6.07. The Kier molecular flexibility index (Phi) is 6.20. The standard InChI is InChI=1S/C23H27FN4O2/c1-14(2)21-19(12-26-28(21)18-9-7-17(24)8-10-18)23(29)27(5)13-20-16(4)22(30-6)15(3)11-25-20/h7-12,14H,13H2,1-6H3. The summed E-state index contributed by atoms with van der Waals surface area (Å²) >= 11 is 0. The average molecular weight is 410 g/mol. The number of nitrogens with zero attached hydrogens (tertiary/aromatic N) is 4. The summed E-state index contributed by atoms with van der Waals surface area (Å²) in [5.74, 6) is 0.370. The summed E-state index contributed by atoms with van der Waals surface area (Å²) in [5.41, 5.74) is 4.67. The second-order valence-electron chi connectivity index (χ2n) is 7.69. The molecular formula is C23H27FN4O2. The zero-order valence-corrected chi connectivity index (χ0v) is 18.2. The molecule has 2 heterocycles. The molecule has 7 heteroatoms. The van der Waals surface area contributed by atoms with Gasteiger partial charge in [-0.15, -0.1) is 0 Å². The molecule has 6 nitrogen and oxygen atoms in total. The third kappa shape index (κ3) is 4.06. The average Bonchev–Trinajstić information content (AvgIpc) is 3.16. The van der Waals surface area contributed by atoms with Gasteiger partial charge in [0.15, 0.2) is 0 Å². The normalized spacial score (nSPS) is 11.1. The van der Waals surface area contributed by atoms with Crippen molar-refractivity contribution in [1.82, 2.24) is 19.7 Å². The van der Waals surface area contributed by atoms with E-state index in [2.05, 4.69) is 10.1 Å². The number of pyridine rings is 1. The number of hydrogen-bond donors (Lipinski definition) is 0. The molecule has 0 aliphatic heterocycles. The molecule has 0 radical (unpaired) electrons. The number of aromatic nitrogens is 3. The van der Waals surface area contributed by atoms with Gasteiger partial charge in [0.1, 0.15) is 11.6 Å². The minimum atomic E-state index is -0.315. The van der Waals surface area contributed by atoms with Crippen LogP contribution in [0.2, 0.25) is 0 Å². The predicted octanol–water partition coefficient (Wildman–Crippen LogP) is 4.43. The Bertz CT molecular complexity index is 1060. The van der Waals surface area contributed by atoms with Crippen LogP contribution in [0.1, 0.15) is 52.6 Å². The predicted molar refractivity (Wildman–Crippen MR) is 114 cm³/mol. The Balaban J connectivity index is 1.92. The van der Waals surface area contributed by atoms with Crippen LogP contribution in [0.5, 0.6) is 5.75 Å². The highest BCUT2D eigenvalue weighted by atomic mass is 19.1. The van der Waals surface area contributed by atoms with E-state index in [1.54, 1.807) is 48.3 Å². The van der Waals surface area contributed by atoms with Crippen molar-refractivity contribution in [3.63, 3.8) is 0 Å². The van der Waals surface area contributed by atoms with E-state index in [9.17, 15) is 9.18 Å². The van der Waals surface area contributed by atoms with Gasteiger partial charge in [-0.05, 0) is 44.0 Å². The quantitative estimate of drug-likeness (QED) is 0.603. The van der Waals surface area contributed by atoms with Gasteiger partial charge in [-0.25, -0.2) is 9.07 Å². The van der Waals surface area contributed by atoms with Gasteiger partial charge in [-0.1, -0.05) is 13.8 Å². The zero-order valence-electron chi connectivity index (χ0n) is 18.2. The van der Waals surface area contributed by atoms with Gasteiger partial charge >= 0.3 is 0 Å². The molecule has 3 aromatic rings. The van der Waals surface area contributed by atoms with Crippen molar-refractivity contribution in [2.45, 2.75) is 40.2 Å². The monoisotopic (exact) mass is 410 g/mol. The van der Waals surface area contributed by atoms with E-state index < -0.39 is 0 Å². The maximum atomic E-state index is 13.3. The van der Waals surface area contributed by atoms with E-state index in [0.29, 0.717) is 17.8 Å². The molecular weight excluding hydrogens is 383 g/mol. The molecule has 0 atom stereocenters. The first-order valence-corrected chi connectivity index (χ1v) is 9.83. The first-order chi connectivity index (χ1) is 14.2. The van der Waals surface area contributed by atoms with Gasteiger partial charge in [0.05, 0.1) is 42.5 Å². The SMILES string of the molecule is COc1c(C)cnc(CN(C)C(=O)c2cnn(-c3ccc(F)cc3)c2C(C)C)c1C. The van der Waals surface area contributed by atoms with Crippen LogP contribution in [0.3, 0.4) is 0 Å². The number of amides is 1. The van der Waals surface area contributed by atoms with Crippen molar-refractivity contribution in [2.24, 2.45) is 0 Å². The fraction of sp³-hybridized carbons (Fsp3) is 0.348. The summed E-state index contributed by atoms with van der Waals surface area (Å²) < 4.78 is 20.5. The molecule has 0 N–H and O–H groups in total. The Morgan fingerprint density at radius 3 is 2.47 bits per heavy atom. The fourth-order valence-electron chi connectivity index (χ4n) is 3.60. The highest BCUT2D eigenvalue weighted by Gasteiger charge is 2.24. The number of halogens is 1. The molecule has 0 aliphatic rings. The number of aryl methyl sites for hydroxylation is 1. The number of rotatable bonds is 6. The number of hydrogen-bond acceptors (Lipinski definition) is 4. The zero-order chi connectivity index (χ0) is 22.0. The lowest BCUT2D eigenvalue weighted by Gasteiger charge is -2.20. The van der Waals surface area contributed by atoms with Crippen LogP contribution in [-0.2, 0) is 6.54 Å². The first-order valence-electron chi connectivity index (χ1n) is 9.83. The molecule has 158 valence electrons. The summed E-state index contributed by atoms with van der Waals surface area (Å²) in [7, 11) is 3.38. The lowest BCUT2D eigenvalue weighted by atomic mass is 10.0. The first kappa shape index (κ1) is 21.5. The number of ether oxygens (including phenoxy) is 1. The molecule has 1 amide bonds. The van der Waals surface area contributed by atoms with E-state index in [0.717, 1.165) is 28.3 Å². The molecule has 30 heavy (non-hydrogen) atoms. The second kappa shape index (κ2) is 8.65. The molecule has 0 unspecified atom stereocenters. The number of carbonyl (C=O) groups is 1. The molecule has 3 rings (SSSR count). The number of methoxy groups -OCH3 is 1. The van der Waals surface area contributed by atoms with Crippen LogP contribution < -0.4 is 4.74 Å². The van der Waals surface area contributed by atoms with Crippen LogP contribution in [-0.4, -0.2) is 39.7 Å². The molecule has 0 aliphatic carbocycles. The lowest BCUT2D eigenvalue weighted by molar-refractivity contribution is 0.0781. The molecule has 0 bridgehead atoms. The fourth-order valence-corrected chi connectivity index (χ4v) is 3.60. The van der Waals surface area contributed by atoms with Crippen LogP contribution >= 0.6 is 0 Å². The van der Waals surface area contributed by atoms with E-state index in [1.165, 1.54) is 12.1 Å². The summed E-state index contributed by atoms with van der Waals surface area (Å²) in [4.78, 5) is 19.4. The lowest BCUT2D eigenvalue weighted by Crippen LogP contribution is -2.28. The third-order valence-corrected chi connectivity index (χ3v) is 5.14. The molecule has 0 saturated heterocycles. The summed E-state index contributed by atoms with van der Waals surface area (Å²) in [5, 5.41) is 4.42. The van der Waals surface area contributed by atoms with Crippen LogP contribution in [0, 0.1) is 19.7 Å². The van der Waals surface area contributed by atoms with Crippen LogP contribution in [0.25, 0.3) is 5.69 Å². The number of carbonyl (C=O) groups excluding carboxylic acids is 1. The van der Waals surface area contributed by atoms with Gasteiger partial charge in [-0.3, -0.25) is 9.78 Å². The Morgan fingerprint density at radius 1 is 1.20 bits per heavy atom. The van der Waals surface area contributed by atoms with Gasteiger partial charge in [-0.2, -0.15) is 5.10 Å². The largest absolute Gasteiger partial charge is 0.496 e. The van der Waals surface area contributed by atoms with Crippen molar-refractivity contribution < 1.29 is 13.9 Å². The molecule has 0 saturated carbocycles. The van der Waals surface area contributed by atoms with Crippen molar-refractivity contribution in [3.8, 4) is 11.4 Å². The Hall–Kier alpha value is -3.22. The van der Waals surface area contributed by atoms with Gasteiger partial charge in [0, 0.05) is 24.4 Å². The third-order valence-electron chi connectivity index (χ3n) is 5.14. The second-order valence-corrected chi connectivity index (χ2v) is 7.69. The Labute approximate surface area is 176 Å².